The summed E-state index contributed by atoms with van der Waals surface area (Å²) < 4.78 is 1.74. The van der Waals surface area contributed by atoms with Crippen LogP contribution in [-0.2, 0) is 13.0 Å². The topological polar surface area (TPSA) is 68.0 Å². The number of hydrogen-bond acceptors (Lipinski definition) is 3. The van der Waals surface area contributed by atoms with E-state index in [1.165, 1.54) is 5.56 Å². The van der Waals surface area contributed by atoms with Gasteiger partial charge >= 0.3 is 5.97 Å². The second kappa shape index (κ2) is 5.44. The summed E-state index contributed by atoms with van der Waals surface area (Å²) >= 11 is 0. The number of pyridine rings is 1. The molecule has 0 spiro atoms. The molecule has 0 aromatic carbocycles. The van der Waals surface area contributed by atoms with Crippen molar-refractivity contribution in [1.29, 1.82) is 0 Å². The molecule has 0 atom stereocenters. The summed E-state index contributed by atoms with van der Waals surface area (Å²) in [7, 11) is 0. The molecule has 0 saturated carbocycles. The minimum atomic E-state index is -0.981. The molecule has 5 heteroatoms. The van der Waals surface area contributed by atoms with Crippen molar-refractivity contribution in [2.75, 3.05) is 0 Å². The standard InChI is InChI=1S/C13H15N3O2/c1-10-9-12(13(17)18)15-16(10)8-2-3-11-4-6-14-7-5-11/h4-7,9H,2-3,8H2,1H3,(H,17,18). The molecule has 0 aliphatic heterocycles. The smallest absolute Gasteiger partial charge is 0.356 e. The number of carboxylic acids is 1. The third kappa shape index (κ3) is 2.94. The van der Waals surface area contributed by atoms with E-state index in [4.69, 9.17) is 5.11 Å². The lowest BCUT2D eigenvalue weighted by Gasteiger charge is -2.04. The molecule has 5 nitrogen and oxygen atoms in total. The minimum Gasteiger partial charge on any atom is -0.476 e. The molecule has 0 fully saturated rings. The van der Waals surface area contributed by atoms with Crippen LogP contribution in [0.15, 0.2) is 30.6 Å². The van der Waals surface area contributed by atoms with Crippen molar-refractivity contribution < 1.29 is 9.90 Å². The molecular formula is C13H15N3O2. The maximum Gasteiger partial charge on any atom is 0.356 e. The fourth-order valence-corrected chi connectivity index (χ4v) is 1.82. The Balaban J connectivity index is 1.92. The summed E-state index contributed by atoms with van der Waals surface area (Å²) in [4.78, 5) is 14.7. The van der Waals surface area contributed by atoms with Crippen molar-refractivity contribution in [1.82, 2.24) is 14.8 Å². The number of aryl methyl sites for hydroxylation is 3. The van der Waals surface area contributed by atoms with E-state index in [9.17, 15) is 4.79 Å². The first-order valence-electron chi connectivity index (χ1n) is 5.83. The lowest BCUT2D eigenvalue weighted by molar-refractivity contribution is 0.0689. The first kappa shape index (κ1) is 12.3. The predicted molar refractivity (Wildman–Crippen MR) is 66.5 cm³/mol. The van der Waals surface area contributed by atoms with Crippen LogP contribution >= 0.6 is 0 Å². The highest BCUT2D eigenvalue weighted by molar-refractivity contribution is 5.85. The fraction of sp³-hybridized carbons (Fsp3) is 0.308. The van der Waals surface area contributed by atoms with Gasteiger partial charge in [0, 0.05) is 24.6 Å². The van der Waals surface area contributed by atoms with Gasteiger partial charge in [0.15, 0.2) is 5.69 Å². The van der Waals surface area contributed by atoms with Crippen LogP contribution in [0, 0.1) is 6.92 Å². The predicted octanol–water partition coefficient (Wildman–Crippen LogP) is 1.92. The lowest BCUT2D eigenvalue weighted by Crippen LogP contribution is -2.05. The van der Waals surface area contributed by atoms with Crippen molar-refractivity contribution in [3.8, 4) is 0 Å². The molecule has 2 heterocycles. The zero-order valence-electron chi connectivity index (χ0n) is 10.2. The molecule has 0 unspecified atom stereocenters. The molecule has 2 rings (SSSR count). The first-order chi connectivity index (χ1) is 8.66. The van der Waals surface area contributed by atoms with E-state index in [1.54, 1.807) is 23.1 Å². The second-order valence-electron chi connectivity index (χ2n) is 4.16. The number of nitrogens with zero attached hydrogens (tertiary/aromatic N) is 3. The molecule has 2 aromatic heterocycles. The van der Waals surface area contributed by atoms with E-state index < -0.39 is 5.97 Å². The van der Waals surface area contributed by atoms with Gasteiger partial charge in [-0.1, -0.05) is 0 Å². The van der Waals surface area contributed by atoms with Crippen LogP contribution in [0.2, 0.25) is 0 Å². The van der Waals surface area contributed by atoms with Crippen molar-refractivity contribution in [2.45, 2.75) is 26.3 Å². The third-order valence-electron chi connectivity index (χ3n) is 2.79. The average molecular weight is 245 g/mol. The molecule has 0 saturated heterocycles. The summed E-state index contributed by atoms with van der Waals surface area (Å²) in [5.74, 6) is -0.981. The van der Waals surface area contributed by atoms with Crippen LogP contribution in [0.25, 0.3) is 0 Å². The highest BCUT2D eigenvalue weighted by Crippen LogP contribution is 2.07. The van der Waals surface area contributed by atoms with Gasteiger partial charge in [0.1, 0.15) is 0 Å². The summed E-state index contributed by atoms with van der Waals surface area (Å²) in [5, 5.41) is 12.9. The highest BCUT2D eigenvalue weighted by atomic mass is 16.4. The van der Waals surface area contributed by atoms with Crippen molar-refractivity contribution in [3.63, 3.8) is 0 Å². The van der Waals surface area contributed by atoms with Crippen LogP contribution in [0.3, 0.4) is 0 Å². The van der Waals surface area contributed by atoms with Crippen LogP contribution < -0.4 is 0 Å². The van der Waals surface area contributed by atoms with Gasteiger partial charge in [0.2, 0.25) is 0 Å². The molecule has 0 aliphatic rings. The van der Waals surface area contributed by atoms with Gasteiger partial charge in [-0.25, -0.2) is 4.79 Å². The Bertz CT molecular complexity index is 534. The Morgan fingerprint density at radius 2 is 2.11 bits per heavy atom. The van der Waals surface area contributed by atoms with Crippen molar-refractivity contribution in [3.05, 3.63) is 47.5 Å². The molecule has 2 aromatic rings. The van der Waals surface area contributed by atoms with Gasteiger partial charge in [0.25, 0.3) is 0 Å². The van der Waals surface area contributed by atoms with E-state index in [-0.39, 0.29) is 5.69 Å². The zero-order chi connectivity index (χ0) is 13.0. The molecule has 0 amide bonds. The third-order valence-corrected chi connectivity index (χ3v) is 2.79. The molecule has 1 N–H and O–H groups in total. The van der Waals surface area contributed by atoms with Gasteiger partial charge in [-0.2, -0.15) is 5.10 Å². The summed E-state index contributed by atoms with van der Waals surface area (Å²) in [6.07, 6.45) is 5.41. The van der Waals surface area contributed by atoms with Gasteiger partial charge in [-0.3, -0.25) is 9.67 Å². The molecular weight excluding hydrogens is 230 g/mol. The highest BCUT2D eigenvalue weighted by Gasteiger charge is 2.09. The first-order valence-corrected chi connectivity index (χ1v) is 5.83. The Morgan fingerprint density at radius 1 is 1.39 bits per heavy atom. The SMILES string of the molecule is Cc1cc(C(=O)O)nn1CCCc1ccncc1. The number of aromatic nitrogens is 3. The summed E-state index contributed by atoms with van der Waals surface area (Å²) in [6, 6.07) is 5.56. The van der Waals surface area contributed by atoms with Gasteiger partial charge in [-0.05, 0) is 43.5 Å². The Hall–Kier alpha value is -2.17. The Morgan fingerprint density at radius 3 is 2.72 bits per heavy atom. The summed E-state index contributed by atoms with van der Waals surface area (Å²) in [6.45, 7) is 2.59. The normalized spacial score (nSPS) is 10.5. The molecule has 0 bridgehead atoms. The van der Waals surface area contributed by atoms with Crippen molar-refractivity contribution in [2.24, 2.45) is 0 Å². The number of carboxylic acid groups (broad SMARTS) is 1. The van der Waals surface area contributed by atoms with Crippen LogP contribution in [-0.4, -0.2) is 25.8 Å². The molecule has 18 heavy (non-hydrogen) atoms. The Labute approximate surface area is 105 Å². The fourth-order valence-electron chi connectivity index (χ4n) is 1.82. The quantitative estimate of drug-likeness (QED) is 0.873. The maximum absolute atomic E-state index is 10.8. The largest absolute Gasteiger partial charge is 0.476 e. The number of carbonyl (C=O) groups is 1. The number of aromatic carboxylic acids is 1. The van der Waals surface area contributed by atoms with Gasteiger partial charge < -0.3 is 5.11 Å². The average Bonchev–Trinajstić information content (AvgIpc) is 2.73. The lowest BCUT2D eigenvalue weighted by atomic mass is 10.1. The molecule has 0 aliphatic carbocycles. The molecule has 94 valence electrons. The van der Waals surface area contributed by atoms with Crippen LogP contribution in [0.1, 0.15) is 28.2 Å². The van der Waals surface area contributed by atoms with E-state index >= 15 is 0 Å². The van der Waals surface area contributed by atoms with E-state index in [0.29, 0.717) is 0 Å². The van der Waals surface area contributed by atoms with Crippen LogP contribution in [0.5, 0.6) is 0 Å². The molecule has 0 radical (unpaired) electrons. The van der Waals surface area contributed by atoms with E-state index in [2.05, 4.69) is 10.1 Å². The summed E-state index contributed by atoms with van der Waals surface area (Å²) in [5.41, 5.74) is 2.21. The second-order valence-corrected chi connectivity index (χ2v) is 4.16. The maximum atomic E-state index is 10.8. The Kier molecular flexibility index (Phi) is 3.72. The number of hydrogen-bond donors (Lipinski definition) is 1. The van der Waals surface area contributed by atoms with E-state index in [0.717, 1.165) is 25.1 Å². The number of rotatable bonds is 5. The minimum absolute atomic E-state index is 0.108. The van der Waals surface area contributed by atoms with E-state index in [1.807, 2.05) is 19.1 Å². The van der Waals surface area contributed by atoms with Gasteiger partial charge in [0.05, 0.1) is 0 Å². The van der Waals surface area contributed by atoms with Crippen molar-refractivity contribution >= 4 is 5.97 Å². The van der Waals surface area contributed by atoms with Crippen LogP contribution in [0.4, 0.5) is 0 Å². The zero-order valence-corrected chi connectivity index (χ0v) is 10.2. The monoisotopic (exact) mass is 245 g/mol. The van der Waals surface area contributed by atoms with Gasteiger partial charge in [-0.15, -0.1) is 0 Å².